The largest absolute Gasteiger partial charge is 0.443 e. The summed E-state index contributed by atoms with van der Waals surface area (Å²) in [5.41, 5.74) is 5.75. The van der Waals surface area contributed by atoms with E-state index in [0.717, 1.165) is 25.7 Å². The van der Waals surface area contributed by atoms with Gasteiger partial charge in [0.1, 0.15) is 6.61 Å². The van der Waals surface area contributed by atoms with Crippen LogP contribution >= 0.6 is 0 Å². The first-order chi connectivity index (χ1) is 10.2. The highest BCUT2D eigenvalue weighted by molar-refractivity contribution is 5.66. The summed E-state index contributed by atoms with van der Waals surface area (Å²) in [5, 5.41) is 10.8. The van der Waals surface area contributed by atoms with Crippen LogP contribution in [0.25, 0.3) is 0 Å². The van der Waals surface area contributed by atoms with Crippen molar-refractivity contribution in [2.75, 3.05) is 0 Å². The summed E-state index contributed by atoms with van der Waals surface area (Å²) in [6.07, 6.45) is 4.99. The van der Waals surface area contributed by atoms with Gasteiger partial charge in [-0.25, -0.2) is 10.2 Å². The molecule has 21 heavy (non-hydrogen) atoms. The maximum atomic E-state index is 11.6. The predicted molar refractivity (Wildman–Crippen MR) is 76.4 cm³/mol. The van der Waals surface area contributed by atoms with Crippen molar-refractivity contribution < 1.29 is 14.5 Å². The van der Waals surface area contributed by atoms with Crippen molar-refractivity contribution in [2.24, 2.45) is 0 Å². The number of hydrogen-bond donors (Lipinski definition) is 2. The fourth-order valence-electron chi connectivity index (χ4n) is 2.40. The Morgan fingerprint density at radius 2 is 2.00 bits per heavy atom. The lowest BCUT2D eigenvalue weighted by Gasteiger charge is -2.22. The second-order valence-corrected chi connectivity index (χ2v) is 5.07. The van der Waals surface area contributed by atoms with Gasteiger partial charge in [-0.2, -0.15) is 0 Å². The van der Waals surface area contributed by atoms with Crippen LogP contribution in [0, 0.1) is 10.1 Å². The summed E-state index contributed by atoms with van der Waals surface area (Å²) < 4.78 is 4.99. The average Bonchev–Trinajstić information content (AvgIpc) is 2.52. The van der Waals surface area contributed by atoms with Crippen molar-refractivity contribution in [3.05, 3.63) is 39.9 Å². The predicted octanol–water partition coefficient (Wildman–Crippen LogP) is 2.66. The Hall–Kier alpha value is -2.15. The molecule has 7 heteroatoms. The van der Waals surface area contributed by atoms with E-state index >= 15 is 0 Å². The third-order valence-corrected chi connectivity index (χ3v) is 3.53. The molecule has 1 aromatic rings. The number of carbonyl (C=O) groups excluding carboxylic acids is 1. The van der Waals surface area contributed by atoms with Crippen LogP contribution in [0.15, 0.2) is 24.3 Å². The van der Waals surface area contributed by atoms with Crippen molar-refractivity contribution in [2.45, 2.75) is 44.8 Å². The molecule has 0 atom stereocenters. The standard InChI is InChI=1S/C14H19N3O4/c18-14(16-15-12-7-2-1-3-8-12)21-10-11-6-4-5-9-13(11)17(19)20/h4-6,9,12,15H,1-3,7-8,10H2,(H,16,18). The van der Waals surface area contributed by atoms with Gasteiger partial charge in [-0.05, 0) is 18.9 Å². The van der Waals surface area contributed by atoms with E-state index in [-0.39, 0.29) is 18.3 Å². The number of carbonyl (C=O) groups is 1. The van der Waals surface area contributed by atoms with E-state index in [2.05, 4.69) is 10.9 Å². The summed E-state index contributed by atoms with van der Waals surface area (Å²) in [4.78, 5) is 21.9. The SMILES string of the molecule is O=C(NNC1CCCCC1)OCc1ccccc1[N+](=O)[O-]. The van der Waals surface area contributed by atoms with Crippen molar-refractivity contribution in [1.82, 2.24) is 10.9 Å². The topological polar surface area (TPSA) is 93.5 Å². The number of para-hydroxylation sites is 1. The normalized spacial score (nSPS) is 15.4. The molecule has 1 aliphatic rings. The van der Waals surface area contributed by atoms with Crippen LogP contribution in [-0.4, -0.2) is 17.1 Å². The third kappa shape index (κ3) is 4.71. The van der Waals surface area contributed by atoms with Crippen molar-refractivity contribution in [3.63, 3.8) is 0 Å². The fourth-order valence-corrected chi connectivity index (χ4v) is 2.40. The minimum atomic E-state index is -0.626. The van der Waals surface area contributed by atoms with E-state index in [1.165, 1.54) is 12.5 Å². The van der Waals surface area contributed by atoms with Crippen molar-refractivity contribution in [3.8, 4) is 0 Å². The second kappa shape index (κ2) is 7.58. The smallest absolute Gasteiger partial charge is 0.421 e. The van der Waals surface area contributed by atoms with Gasteiger partial charge in [0.2, 0.25) is 0 Å². The molecular weight excluding hydrogens is 274 g/mol. The first-order valence-electron chi connectivity index (χ1n) is 7.07. The number of nitro groups is 1. The zero-order valence-corrected chi connectivity index (χ0v) is 11.7. The number of hydrazine groups is 1. The monoisotopic (exact) mass is 293 g/mol. The van der Waals surface area contributed by atoms with Crippen molar-refractivity contribution in [1.29, 1.82) is 0 Å². The number of hydrogen-bond acceptors (Lipinski definition) is 5. The van der Waals surface area contributed by atoms with Crippen LogP contribution in [0.2, 0.25) is 0 Å². The Morgan fingerprint density at radius 3 is 2.71 bits per heavy atom. The Balaban J connectivity index is 1.77. The van der Waals surface area contributed by atoms with E-state index in [4.69, 9.17) is 4.74 Å². The second-order valence-electron chi connectivity index (χ2n) is 5.07. The van der Waals surface area contributed by atoms with Gasteiger partial charge in [-0.15, -0.1) is 0 Å². The molecule has 1 saturated carbocycles. The average molecular weight is 293 g/mol. The molecule has 1 amide bonds. The first-order valence-corrected chi connectivity index (χ1v) is 7.07. The maximum absolute atomic E-state index is 11.6. The van der Waals surface area contributed by atoms with E-state index in [1.54, 1.807) is 18.2 Å². The number of nitro benzene ring substituents is 1. The van der Waals surface area contributed by atoms with Crippen LogP contribution in [0.4, 0.5) is 10.5 Å². The Labute approximate surface area is 122 Å². The van der Waals surface area contributed by atoms with E-state index in [9.17, 15) is 14.9 Å². The number of ether oxygens (including phenoxy) is 1. The molecule has 114 valence electrons. The number of amides is 1. The zero-order valence-electron chi connectivity index (χ0n) is 11.7. The lowest BCUT2D eigenvalue weighted by Crippen LogP contribution is -2.45. The Morgan fingerprint density at radius 1 is 1.29 bits per heavy atom. The molecule has 1 fully saturated rings. The quantitative estimate of drug-likeness (QED) is 0.643. The van der Waals surface area contributed by atoms with Crippen LogP contribution in [0.5, 0.6) is 0 Å². The van der Waals surface area contributed by atoms with Crippen LogP contribution in [-0.2, 0) is 11.3 Å². The number of benzene rings is 1. The molecule has 0 bridgehead atoms. The summed E-state index contributed by atoms with van der Waals surface area (Å²) in [6.45, 7) is -0.130. The number of nitrogens with one attached hydrogen (secondary N) is 2. The number of nitrogens with zero attached hydrogens (tertiary/aromatic N) is 1. The minimum Gasteiger partial charge on any atom is -0.443 e. The molecule has 1 aromatic carbocycles. The van der Waals surface area contributed by atoms with Crippen LogP contribution < -0.4 is 10.9 Å². The van der Waals surface area contributed by atoms with E-state index in [1.807, 2.05) is 0 Å². The van der Waals surface area contributed by atoms with Gasteiger partial charge in [0.15, 0.2) is 0 Å². The highest BCUT2D eigenvalue weighted by Gasteiger charge is 2.16. The Bertz CT molecular complexity index is 501. The molecule has 7 nitrogen and oxygen atoms in total. The molecule has 0 aliphatic heterocycles. The highest BCUT2D eigenvalue weighted by atomic mass is 16.6. The van der Waals surface area contributed by atoms with Gasteiger partial charge < -0.3 is 4.74 Å². The van der Waals surface area contributed by atoms with Gasteiger partial charge in [-0.3, -0.25) is 15.5 Å². The third-order valence-electron chi connectivity index (χ3n) is 3.53. The molecule has 0 saturated heterocycles. The zero-order chi connectivity index (χ0) is 15.1. The molecule has 1 aliphatic carbocycles. The first kappa shape index (κ1) is 15.2. The Kier molecular flexibility index (Phi) is 5.51. The van der Waals surface area contributed by atoms with Crippen LogP contribution in [0.3, 0.4) is 0 Å². The maximum Gasteiger partial charge on any atom is 0.421 e. The fraction of sp³-hybridized carbons (Fsp3) is 0.500. The van der Waals surface area contributed by atoms with Gasteiger partial charge >= 0.3 is 6.09 Å². The van der Waals surface area contributed by atoms with Gasteiger partial charge in [0.25, 0.3) is 5.69 Å². The van der Waals surface area contributed by atoms with E-state index in [0.29, 0.717) is 5.56 Å². The minimum absolute atomic E-state index is 0.0504. The molecule has 2 rings (SSSR count). The van der Waals surface area contributed by atoms with Gasteiger partial charge in [0, 0.05) is 12.1 Å². The van der Waals surface area contributed by atoms with Gasteiger partial charge in [-0.1, -0.05) is 31.4 Å². The van der Waals surface area contributed by atoms with E-state index < -0.39 is 11.0 Å². The summed E-state index contributed by atoms with van der Waals surface area (Å²) in [5.74, 6) is 0. The summed E-state index contributed by atoms with van der Waals surface area (Å²) in [7, 11) is 0. The molecule has 0 aromatic heterocycles. The lowest BCUT2D eigenvalue weighted by atomic mass is 9.96. The summed E-state index contributed by atoms with van der Waals surface area (Å²) >= 11 is 0. The van der Waals surface area contributed by atoms with Gasteiger partial charge in [0.05, 0.1) is 10.5 Å². The van der Waals surface area contributed by atoms with Crippen LogP contribution in [0.1, 0.15) is 37.7 Å². The lowest BCUT2D eigenvalue weighted by molar-refractivity contribution is -0.385. The highest BCUT2D eigenvalue weighted by Crippen LogP contribution is 2.18. The molecule has 0 unspecified atom stereocenters. The molecule has 0 radical (unpaired) electrons. The molecule has 0 spiro atoms. The summed E-state index contributed by atoms with van der Waals surface area (Å²) in [6, 6.07) is 6.48. The number of rotatable bonds is 5. The molecular formula is C14H19N3O4. The van der Waals surface area contributed by atoms with Crippen molar-refractivity contribution >= 4 is 11.8 Å². The molecule has 0 heterocycles. The molecule has 2 N–H and O–H groups in total.